The maximum atomic E-state index is 12.3. The van der Waals surface area contributed by atoms with Gasteiger partial charge in [-0.2, -0.15) is 0 Å². The van der Waals surface area contributed by atoms with Crippen molar-refractivity contribution >= 4 is 16.7 Å². The number of ketones is 1. The van der Waals surface area contributed by atoms with Gasteiger partial charge in [0.05, 0.1) is 0 Å². The van der Waals surface area contributed by atoms with E-state index >= 15 is 0 Å². The number of H-pyrrole nitrogens is 1. The molecular weight excluding hydrogens is 212 g/mol. The maximum Gasteiger partial charge on any atom is 0.169 e. The fraction of sp³-hybridized carbons (Fsp3) is 0.357. The third kappa shape index (κ3) is 1.76. The molecule has 0 saturated carbocycles. The minimum absolute atomic E-state index is 0.148. The Balaban J connectivity index is 2.02. The number of nitrogens with one attached hydrogen (secondary N) is 2. The Morgan fingerprint density at radius 1 is 1.41 bits per heavy atom. The molecule has 17 heavy (non-hydrogen) atoms. The van der Waals surface area contributed by atoms with Crippen LogP contribution in [0.15, 0.2) is 24.4 Å². The Bertz CT molecular complexity index is 565. The minimum atomic E-state index is 0.148. The summed E-state index contributed by atoms with van der Waals surface area (Å²) in [5, 5.41) is 4.29. The molecule has 1 aromatic carbocycles. The first-order valence-corrected chi connectivity index (χ1v) is 6.08. The van der Waals surface area contributed by atoms with Crippen molar-refractivity contribution in [3.05, 3.63) is 35.5 Å². The summed E-state index contributed by atoms with van der Waals surface area (Å²) in [7, 11) is 0. The molecule has 1 aliphatic rings. The zero-order valence-electron chi connectivity index (χ0n) is 9.92. The molecule has 2 N–H and O–H groups in total. The Kier molecular flexibility index (Phi) is 2.48. The van der Waals surface area contributed by atoms with E-state index in [-0.39, 0.29) is 11.7 Å². The monoisotopic (exact) mass is 228 g/mol. The number of hydrogen-bond donors (Lipinski definition) is 2. The number of carbonyl (C=O) groups is 1. The van der Waals surface area contributed by atoms with Crippen molar-refractivity contribution in [3.63, 3.8) is 0 Å². The van der Waals surface area contributed by atoms with E-state index in [2.05, 4.69) is 29.4 Å². The number of fused-ring (bicyclic) bond motifs is 1. The highest BCUT2D eigenvalue weighted by Gasteiger charge is 2.25. The number of Topliss-reactive ketones (excluding diaryl/α,β-unsaturated/α-hetero) is 1. The summed E-state index contributed by atoms with van der Waals surface area (Å²) in [5.41, 5.74) is 3.11. The molecule has 2 aromatic rings. The smallest absolute Gasteiger partial charge is 0.169 e. The topological polar surface area (TPSA) is 44.9 Å². The van der Waals surface area contributed by atoms with Crippen molar-refractivity contribution in [1.82, 2.24) is 10.3 Å². The Labute approximate surface area is 100 Å². The molecular formula is C14H16N2O. The van der Waals surface area contributed by atoms with E-state index in [0.29, 0.717) is 0 Å². The predicted octanol–water partition coefficient (Wildman–Crippen LogP) is 2.27. The van der Waals surface area contributed by atoms with E-state index in [1.807, 2.05) is 12.3 Å². The molecule has 1 atom stereocenters. The van der Waals surface area contributed by atoms with Crippen LogP contribution in [0.2, 0.25) is 0 Å². The van der Waals surface area contributed by atoms with Crippen LogP contribution in [0.1, 0.15) is 22.3 Å². The first-order valence-electron chi connectivity index (χ1n) is 6.08. The highest BCUT2D eigenvalue weighted by atomic mass is 16.1. The van der Waals surface area contributed by atoms with Crippen LogP contribution in [-0.2, 0) is 0 Å². The molecule has 0 amide bonds. The van der Waals surface area contributed by atoms with Crippen LogP contribution >= 0.6 is 0 Å². The van der Waals surface area contributed by atoms with E-state index in [1.54, 1.807) is 0 Å². The highest BCUT2D eigenvalue weighted by molar-refractivity contribution is 6.09. The second-order valence-corrected chi connectivity index (χ2v) is 4.81. The van der Waals surface area contributed by atoms with Crippen LogP contribution in [0.25, 0.3) is 10.9 Å². The molecule has 1 saturated heterocycles. The summed E-state index contributed by atoms with van der Waals surface area (Å²) in [4.78, 5) is 15.5. The zero-order chi connectivity index (χ0) is 11.8. The molecule has 0 bridgehead atoms. The van der Waals surface area contributed by atoms with Crippen molar-refractivity contribution in [3.8, 4) is 0 Å². The molecule has 0 spiro atoms. The van der Waals surface area contributed by atoms with Gasteiger partial charge in [0.25, 0.3) is 0 Å². The van der Waals surface area contributed by atoms with Gasteiger partial charge >= 0.3 is 0 Å². The first kappa shape index (κ1) is 10.5. The van der Waals surface area contributed by atoms with Gasteiger partial charge in [-0.25, -0.2) is 0 Å². The van der Waals surface area contributed by atoms with Crippen LogP contribution < -0.4 is 5.32 Å². The lowest BCUT2D eigenvalue weighted by Crippen LogP contribution is -2.17. The standard InChI is InChI=1S/C14H16N2O/c1-9-2-3-11-12(8-16-13(11)6-9)14(17)10-4-5-15-7-10/h2-3,6,8,10,15-16H,4-5,7H2,1H3. The van der Waals surface area contributed by atoms with Gasteiger partial charge in [-0.3, -0.25) is 4.79 Å². The summed E-state index contributed by atoms with van der Waals surface area (Å²) in [6, 6.07) is 6.18. The summed E-state index contributed by atoms with van der Waals surface area (Å²) in [6.07, 6.45) is 2.81. The van der Waals surface area contributed by atoms with Crippen LogP contribution in [0, 0.1) is 12.8 Å². The van der Waals surface area contributed by atoms with Crippen molar-refractivity contribution < 1.29 is 4.79 Å². The van der Waals surface area contributed by atoms with Crippen LogP contribution in [0.4, 0.5) is 0 Å². The SMILES string of the molecule is Cc1ccc2c(C(=O)C3CCNC3)c[nH]c2c1. The molecule has 1 aliphatic heterocycles. The molecule has 3 nitrogen and oxygen atoms in total. The molecule has 1 unspecified atom stereocenters. The van der Waals surface area contributed by atoms with Crippen molar-refractivity contribution in [1.29, 1.82) is 0 Å². The van der Waals surface area contributed by atoms with Crippen LogP contribution in [0.5, 0.6) is 0 Å². The maximum absolute atomic E-state index is 12.3. The lowest BCUT2D eigenvalue weighted by molar-refractivity contribution is 0.0932. The van der Waals surface area contributed by atoms with Crippen molar-refractivity contribution in [2.75, 3.05) is 13.1 Å². The van der Waals surface area contributed by atoms with Gasteiger partial charge in [-0.05, 0) is 31.5 Å². The van der Waals surface area contributed by atoms with Gasteiger partial charge in [0.15, 0.2) is 5.78 Å². The van der Waals surface area contributed by atoms with E-state index in [0.717, 1.165) is 36.0 Å². The number of hydrogen-bond acceptors (Lipinski definition) is 2. The van der Waals surface area contributed by atoms with Gasteiger partial charge in [0.2, 0.25) is 0 Å². The highest BCUT2D eigenvalue weighted by Crippen LogP contribution is 2.24. The molecule has 3 heteroatoms. The van der Waals surface area contributed by atoms with E-state index in [1.165, 1.54) is 5.56 Å². The van der Waals surface area contributed by atoms with Gasteiger partial charge in [0, 0.05) is 35.1 Å². The van der Waals surface area contributed by atoms with Gasteiger partial charge in [-0.1, -0.05) is 12.1 Å². The van der Waals surface area contributed by atoms with E-state index in [4.69, 9.17) is 0 Å². The Morgan fingerprint density at radius 3 is 3.06 bits per heavy atom. The van der Waals surface area contributed by atoms with E-state index in [9.17, 15) is 4.79 Å². The summed E-state index contributed by atoms with van der Waals surface area (Å²) in [6.45, 7) is 3.83. The third-order valence-electron chi connectivity index (χ3n) is 3.53. The minimum Gasteiger partial charge on any atom is -0.360 e. The third-order valence-corrected chi connectivity index (χ3v) is 3.53. The lowest BCUT2D eigenvalue weighted by Gasteiger charge is -2.05. The first-order chi connectivity index (χ1) is 8.25. The number of aromatic nitrogens is 1. The fourth-order valence-electron chi connectivity index (χ4n) is 2.54. The summed E-state index contributed by atoms with van der Waals surface area (Å²) in [5.74, 6) is 0.417. The summed E-state index contributed by atoms with van der Waals surface area (Å²) >= 11 is 0. The fourth-order valence-corrected chi connectivity index (χ4v) is 2.54. The lowest BCUT2D eigenvalue weighted by atomic mass is 9.96. The largest absolute Gasteiger partial charge is 0.360 e. The van der Waals surface area contributed by atoms with E-state index < -0.39 is 0 Å². The quantitative estimate of drug-likeness (QED) is 0.774. The molecule has 0 aliphatic carbocycles. The molecule has 1 fully saturated rings. The van der Waals surface area contributed by atoms with Crippen LogP contribution in [-0.4, -0.2) is 23.9 Å². The average molecular weight is 228 g/mol. The molecule has 88 valence electrons. The van der Waals surface area contributed by atoms with Crippen molar-refractivity contribution in [2.24, 2.45) is 5.92 Å². The zero-order valence-corrected chi connectivity index (χ0v) is 9.92. The summed E-state index contributed by atoms with van der Waals surface area (Å²) < 4.78 is 0. The van der Waals surface area contributed by atoms with Crippen molar-refractivity contribution in [2.45, 2.75) is 13.3 Å². The Hall–Kier alpha value is -1.61. The molecule has 2 heterocycles. The average Bonchev–Trinajstić information content (AvgIpc) is 2.96. The van der Waals surface area contributed by atoms with Gasteiger partial charge in [0.1, 0.15) is 0 Å². The normalized spacial score (nSPS) is 19.9. The number of benzene rings is 1. The second-order valence-electron chi connectivity index (χ2n) is 4.81. The Morgan fingerprint density at radius 2 is 2.29 bits per heavy atom. The van der Waals surface area contributed by atoms with Gasteiger partial charge in [-0.15, -0.1) is 0 Å². The number of carbonyl (C=O) groups excluding carboxylic acids is 1. The number of aromatic amines is 1. The van der Waals surface area contributed by atoms with Gasteiger partial charge < -0.3 is 10.3 Å². The van der Waals surface area contributed by atoms with Crippen LogP contribution in [0.3, 0.4) is 0 Å². The predicted molar refractivity (Wildman–Crippen MR) is 68.3 cm³/mol. The second kappa shape index (κ2) is 4.00. The number of aryl methyl sites for hydroxylation is 1. The molecule has 3 rings (SSSR count). The molecule has 0 radical (unpaired) electrons. The molecule has 1 aromatic heterocycles. The number of rotatable bonds is 2.